The van der Waals surface area contributed by atoms with Crippen LogP contribution in [-0.4, -0.2) is 30.4 Å². The molecule has 0 spiro atoms. The van der Waals surface area contributed by atoms with Gasteiger partial charge >= 0.3 is 0 Å². The fourth-order valence-corrected chi connectivity index (χ4v) is 2.71. The van der Waals surface area contributed by atoms with Crippen molar-refractivity contribution >= 4 is 34.8 Å². The third-order valence-electron chi connectivity index (χ3n) is 3.32. The first-order valence-corrected chi connectivity index (χ1v) is 7.39. The molecule has 0 unspecified atom stereocenters. The highest BCUT2D eigenvalue weighted by Crippen LogP contribution is 2.25. The number of amides is 1. The molecule has 2 rings (SSSR count). The van der Waals surface area contributed by atoms with E-state index in [9.17, 15) is 4.79 Å². The molecule has 0 aliphatic carbocycles. The van der Waals surface area contributed by atoms with Crippen LogP contribution in [0.1, 0.15) is 25.7 Å². The van der Waals surface area contributed by atoms with E-state index in [1.165, 1.54) is 12.8 Å². The van der Waals surface area contributed by atoms with Gasteiger partial charge < -0.3 is 10.2 Å². The Morgan fingerprint density at radius 2 is 1.84 bits per heavy atom. The number of halogens is 2. The smallest absolute Gasteiger partial charge is 0.241 e. The van der Waals surface area contributed by atoms with Gasteiger partial charge in [0.25, 0.3) is 0 Å². The molecule has 1 saturated heterocycles. The molecule has 0 atom stereocenters. The molecule has 1 aliphatic heterocycles. The molecular formula is C14H18Cl2N2O. The summed E-state index contributed by atoms with van der Waals surface area (Å²) in [6.07, 6.45) is 4.65. The summed E-state index contributed by atoms with van der Waals surface area (Å²) in [5.41, 5.74) is 0.745. The topological polar surface area (TPSA) is 32.3 Å². The van der Waals surface area contributed by atoms with E-state index < -0.39 is 0 Å². The maximum Gasteiger partial charge on any atom is 0.241 e. The molecule has 19 heavy (non-hydrogen) atoms. The van der Waals surface area contributed by atoms with Gasteiger partial charge in [0.2, 0.25) is 5.91 Å². The van der Waals surface area contributed by atoms with Crippen molar-refractivity contribution < 1.29 is 4.79 Å². The molecule has 0 aromatic heterocycles. The van der Waals surface area contributed by atoms with Crippen LogP contribution in [0.5, 0.6) is 0 Å². The lowest BCUT2D eigenvalue weighted by Gasteiger charge is -2.21. The molecule has 1 fully saturated rings. The summed E-state index contributed by atoms with van der Waals surface area (Å²) < 4.78 is 0. The van der Waals surface area contributed by atoms with Gasteiger partial charge in [0.1, 0.15) is 0 Å². The number of carbonyl (C=O) groups excluding carboxylic acids is 1. The minimum Gasteiger partial charge on any atom is -0.375 e. The maximum atomic E-state index is 12.1. The number of carbonyl (C=O) groups is 1. The van der Waals surface area contributed by atoms with Gasteiger partial charge in [-0.3, -0.25) is 4.79 Å². The zero-order valence-corrected chi connectivity index (χ0v) is 12.3. The van der Waals surface area contributed by atoms with Gasteiger partial charge in [-0.2, -0.15) is 0 Å². The van der Waals surface area contributed by atoms with E-state index in [0.29, 0.717) is 10.0 Å². The van der Waals surface area contributed by atoms with Gasteiger partial charge in [0, 0.05) is 18.1 Å². The van der Waals surface area contributed by atoms with Gasteiger partial charge in [-0.05, 0) is 31.0 Å². The lowest BCUT2D eigenvalue weighted by molar-refractivity contribution is -0.129. The Morgan fingerprint density at radius 1 is 1.16 bits per heavy atom. The first kappa shape index (κ1) is 14.5. The summed E-state index contributed by atoms with van der Waals surface area (Å²) in [7, 11) is 0. The van der Waals surface area contributed by atoms with Crippen LogP contribution in [0.4, 0.5) is 5.69 Å². The summed E-state index contributed by atoms with van der Waals surface area (Å²) >= 11 is 11.9. The predicted octanol–water partition coefficient (Wildman–Crippen LogP) is 3.81. The Labute approximate surface area is 123 Å². The van der Waals surface area contributed by atoms with Gasteiger partial charge in [0.15, 0.2) is 0 Å². The zero-order chi connectivity index (χ0) is 13.7. The van der Waals surface area contributed by atoms with Crippen molar-refractivity contribution in [2.75, 3.05) is 25.0 Å². The molecule has 3 nitrogen and oxygen atoms in total. The fourth-order valence-electron chi connectivity index (χ4n) is 2.24. The Morgan fingerprint density at radius 3 is 2.47 bits per heavy atom. The largest absolute Gasteiger partial charge is 0.375 e. The second-order valence-corrected chi connectivity index (χ2v) is 5.62. The highest BCUT2D eigenvalue weighted by molar-refractivity contribution is 6.36. The van der Waals surface area contributed by atoms with E-state index >= 15 is 0 Å². The average molecular weight is 301 g/mol. The van der Waals surface area contributed by atoms with Gasteiger partial charge in [-0.25, -0.2) is 0 Å². The normalized spacial score (nSPS) is 16.0. The Bertz CT molecular complexity index is 443. The lowest BCUT2D eigenvalue weighted by atomic mass is 10.2. The van der Waals surface area contributed by atoms with Gasteiger partial charge in [0.05, 0.1) is 17.3 Å². The lowest BCUT2D eigenvalue weighted by Crippen LogP contribution is -2.36. The molecule has 0 radical (unpaired) electrons. The van der Waals surface area contributed by atoms with Crippen molar-refractivity contribution in [2.24, 2.45) is 0 Å². The van der Waals surface area contributed by atoms with E-state index in [0.717, 1.165) is 31.6 Å². The Kier molecular flexibility index (Phi) is 5.34. The molecule has 0 saturated carbocycles. The molecule has 1 N–H and O–H groups in total. The first-order chi connectivity index (χ1) is 9.16. The summed E-state index contributed by atoms with van der Waals surface area (Å²) in [6.45, 7) is 2.02. The van der Waals surface area contributed by atoms with E-state index in [-0.39, 0.29) is 12.5 Å². The van der Waals surface area contributed by atoms with Crippen molar-refractivity contribution in [1.82, 2.24) is 4.90 Å². The summed E-state index contributed by atoms with van der Waals surface area (Å²) in [5, 5.41) is 4.21. The van der Waals surface area contributed by atoms with E-state index in [1.807, 2.05) is 4.90 Å². The van der Waals surface area contributed by atoms with Crippen LogP contribution in [0.25, 0.3) is 0 Å². The molecule has 1 aromatic carbocycles. The molecule has 1 heterocycles. The predicted molar refractivity (Wildman–Crippen MR) is 80.0 cm³/mol. The van der Waals surface area contributed by atoms with Crippen LogP contribution in [0.3, 0.4) is 0 Å². The van der Waals surface area contributed by atoms with Crippen LogP contribution < -0.4 is 5.32 Å². The quantitative estimate of drug-likeness (QED) is 0.920. The van der Waals surface area contributed by atoms with E-state index in [2.05, 4.69) is 5.32 Å². The molecule has 5 heteroatoms. The fraction of sp³-hybridized carbons (Fsp3) is 0.500. The molecule has 0 bridgehead atoms. The van der Waals surface area contributed by atoms with E-state index in [1.54, 1.807) is 18.2 Å². The maximum absolute atomic E-state index is 12.1. The zero-order valence-electron chi connectivity index (χ0n) is 10.8. The minimum atomic E-state index is 0.132. The van der Waals surface area contributed by atoms with Crippen molar-refractivity contribution in [3.05, 3.63) is 28.2 Å². The van der Waals surface area contributed by atoms with Crippen LogP contribution in [-0.2, 0) is 4.79 Å². The summed E-state index contributed by atoms with van der Waals surface area (Å²) in [6, 6.07) is 5.22. The summed E-state index contributed by atoms with van der Waals surface area (Å²) in [4.78, 5) is 14.0. The Balaban J connectivity index is 1.88. The van der Waals surface area contributed by atoms with Crippen molar-refractivity contribution in [2.45, 2.75) is 25.7 Å². The molecule has 1 amide bonds. The van der Waals surface area contributed by atoms with Crippen molar-refractivity contribution in [3.63, 3.8) is 0 Å². The number of nitrogens with zero attached hydrogens (tertiary/aromatic N) is 1. The van der Waals surface area contributed by atoms with E-state index in [4.69, 9.17) is 23.2 Å². The highest BCUT2D eigenvalue weighted by Gasteiger charge is 2.15. The van der Waals surface area contributed by atoms with Crippen molar-refractivity contribution in [3.8, 4) is 0 Å². The summed E-state index contributed by atoms with van der Waals surface area (Å²) in [5.74, 6) is 0.132. The van der Waals surface area contributed by atoms with Crippen LogP contribution in [0.15, 0.2) is 18.2 Å². The molecule has 104 valence electrons. The number of hydrogen-bond donors (Lipinski definition) is 1. The number of anilines is 1. The monoisotopic (exact) mass is 300 g/mol. The number of benzene rings is 1. The van der Waals surface area contributed by atoms with Crippen LogP contribution in [0, 0.1) is 0 Å². The molecule has 1 aliphatic rings. The minimum absolute atomic E-state index is 0.132. The molecular weight excluding hydrogens is 283 g/mol. The number of likely N-dealkylation sites (tertiary alicyclic amines) is 1. The third-order valence-corrected chi connectivity index (χ3v) is 3.87. The average Bonchev–Trinajstić information content (AvgIpc) is 2.66. The third kappa shape index (κ3) is 4.29. The first-order valence-electron chi connectivity index (χ1n) is 6.63. The number of rotatable bonds is 3. The second kappa shape index (κ2) is 7.01. The second-order valence-electron chi connectivity index (χ2n) is 4.77. The van der Waals surface area contributed by atoms with Crippen molar-refractivity contribution in [1.29, 1.82) is 0 Å². The Hall–Kier alpha value is -0.930. The SMILES string of the molecule is O=C(CNc1ccc(Cl)cc1Cl)N1CCCCCC1. The van der Waals surface area contributed by atoms with Crippen LogP contribution in [0.2, 0.25) is 10.0 Å². The number of nitrogens with one attached hydrogen (secondary N) is 1. The van der Waals surface area contributed by atoms with Gasteiger partial charge in [-0.1, -0.05) is 36.0 Å². The standard InChI is InChI=1S/C14H18Cl2N2O/c15-11-5-6-13(12(16)9-11)17-10-14(19)18-7-3-1-2-4-8-18/h5-6,9,17H,1-4,7-8,10H2. The van der Waals surface area contributed by atoms with Crippen LogP contribution >= 0.6 is 23.2 Å². The number of hydrogen-bond acceptors (Lipinski definition) is 2. The highest BCUT2D eigenvalue weighted by atomic mass is 35.5. The van der Waals surface area contributed by atoms with Gasteiger partial charge in [-0.15, -0.1) is 0 Å². The molecule has 1 aromatic rings.